The number of phenols is 1. The fourth-order valence-electron chi connectivity index (χ4n) is 1.40. The van der Waals surface area contributed by atoms with E-state index < -0.39 is 11.8 Å². The topological polar surface area (TPSA) is 91.3 Å². The van der Waals surface area contributed by atoms with Crippen molar-refractivity contribution in [1.29, 1.82) is 0 Å². The van der Waals surface area contributed by atoms with E-state index in [4.69, 9.17) is 11.6 Å². The highest BCUT2D eigenvalue weighted by Crippen LogP contribution is 2.26. The lowest BCUT2D eigenvalue weighted by molar-refractivity contribution is -0.133. The van der Waals surface area contributed by atoms with Gasteiger partial charge in [-0.15, -0.1) is 0 Å². The fraction of sp³-hybridized carbons (Fsp3) is 0. The minimum Gasteiger partial charge on any atom is -0.506 e. The molecule has 2 aromatic rings. The number of hydrogen-bond donors (Lipinski definition) is 3. The van der Waals surface area contributed by atoms with Crippen LogP contribution in [0.3, 0.4) is 0 Å². The molecular weight excluding hydrogens is 282 g/mol. The molecule has 1 heterocycles. The SMILES string of the molecule is O=C(Nc1ccccn1)C(=O)Nc1cc(Cl)ccc1O. The first-order valence-corrected chi connectivity index (χ1v) is 5.96. The molecule has 3 N–H and O–H groups in total. The van der Waals surface area contributed by atoms with Crippen molar-refractivity contribution in [2.75, 3.05) is 10.6 Å². The van der Waals surface area contributed by atoms with Crippen LogP contribution in [0.5, 0.6) is 5.75 Å². The van der Waals surface area contributed by atoms with Crippen molar-refractivity contribution in [3.05, 3.63) is 47.6 Å². The first-order valence-electron chi connectivity index (χ1n) is 5.58. The zero-order chi connectivity index (χ0) is 14.5. The van der Waals surface area contributed by atoms with E-state index in [0.717, 1.165) is 0 Å². The number of nitrogens with one attached hydrogen (secondary N) is 2. The highest BCUT2D eigenvalue weighted by molar-refractivity contribution is 6.43. The number of halogens is 1. The Morgan fingerprint density at radius 3 is 2.55 bits per heavy atom. The molecule has 0 aliphatic heterocycles. The summed E-state index contributed by atoms with van der Waals surface area (Å²) in [6.45, 7) is 0. The Hall–Kier alpha value is -2.60. The van der Waals surface area contributed by atoms with Crippen molar-refractivity contribution in [3.8, 4) is 5.75 Å². The molecule has 2 rings (SSSR count). The van der Waals surface area contributed by atoms with E-state index in [1.165, 1.54) is 24.4 Å². The summed E-state index contributed by atoms with van der Waals surface area (Å²) in [7, 11) is 0. The molecule has 1 aromatic heterocycles. The summed E-state index contributed by atoms with van der Waals surface area (Å²) in [5.41, 5.74) is 0.0543. The molecule has 0 fully saturated rings. The standard InChI is InChI=1S/C13H10ClN3O3/c14-8-4-5-10(18)9(7-8)16-12(19)13(20)17-11-3-1-2-6-15-11/h1-7,18H,(H,16,19)(H,15,17,20). The van der Waals surface area contributed by atoms with Crippen molar-refractivity contribution in [2.45, 2.75) is 0 Å². The molecule has 0 aliphatic rings. The molecule has 0 aliphatic carbocycles. The summed E-state index contributed by atoms with van der Waals surface area (Å²) in [6, 6.07) is 9.00. The molecule has 0 radical (unpaired) electrons. The Bertz CT molecular complexity index is 647. The molecule has 20 heavy (non-hydrogen) atoms. The van der Waals surface area contributed by atoms with E-state index in [-0.39, 0.29) is 17.3 Å². The molecule has 0 unspecified atom stereocenters. The maximum atomic E-state index is 11.7. The Morgan fingerprint density at radius 1 is 1.10 bits per heavy atom. The molecular formula is C13H10ClN3O3. The molecule has 0 atom stereocenters. The van der Waals surface area contributed by atoms with E-state index in [9.17, 15) is 14.7 Å². The number of benzene rings is 1. The van der Waals surface area contributed by atoms with E-state index in [0.29, 0.717) is 5.02 Å². The van der Waals surface area contributed by atoms with Crippen LogP contribution >= 0.6 is 11.6 Å². The summed E-state index contributed by atoms with van der Waals surface area (Å²) >= 11 is 5.74. The van der Waals surface area contributed by atoms with Gasteiger partial charge < -0.3 is 15.7 Å². The molecule has 7 heteroatoms. The summed E-state index contributed by atoms with van der Waals surface area (Å²) < 4.78 is 0. The smallest absolute Gasteiger partial charge is 0.315 e. The van der Waals surface area contributed by atoms with Crippen molar-refractivity contribution >= 4 is 34.9 Å². The number of amides is 2. The van der Waals surface area contributed by atoms with Crippen LogP contribution in [0, 0.1) is 0 Å². The highest BCUT2D eigenvalue weighted by atomic mass is 35.5. The Kier molecular flexibility index (Phi) is 4.17. The lowest BCUT2D eigenvalue weighted by atomic mass is 10.3. The van der Waals surface area contributed by atoms with E-state index in [1.807, 2.05) is 0 Å². The maximum absolute atomic E-state index is 11.7. The van der Waals surface area contributed by atoms with E-state index in [2.05, 4.69) is 15.6 Å². The average molecular weight is 292 g/mol. The maximum Gasteiger partial charge on any atom is 0.315 e. The van der Waals surface area contributed by atoms with Gasteiger partial charge in [0, 0.05) is 11.2 Å². The van der Waals surface area contributed by atoms with Gasteiger partial charge in [0.25, 0.3) is 0 Å². The number of carbonyl (C=O) groups is 2. The van der Waals surface area contributed by atoms with Gasteiger partial charge in [-0.1, -0.05) is 17.7 Å². The highest BCUT2D eigenvalue weighted by Gasteiger charge is 2.16. The third-order valence-corrected chi connectivity index (χ3v) is 2.55. The molecule has 2 amide bonds. The first-order chi connectivity index (χ1) is 9.56. The molecule has 0 spiro atoms. The predicted octanol–water partition coefficient (Wildman–Crippen LogP) is 2.02. The van der Waals surface area contributed by atoms with Crippen LogP contribution in [-0.2, 0) is 9.59 Å². The number of aromatic hydroxyl groups is 1. The lowest BCUT2D eigenvalue weighted by Gasteiger charge is -2.07. The van der Waals surface area contributed by atoms with Gasteiger partial charge >= 0.3 is 11.8 Å². The third kappa shape index (κ3) is 3.46. The van der Waals surface area contributed by atoms with Crippen LogP contribution in [0.1, 0.15) is 0 Å². The van der Waals surface area contributed by atoms with Crippen molar-refractivity contribution in [2.24, 2.45) is 0 Å². The van der Waals surface area contributed by atoms with Gasteiger partial charge in [0.05, 0.1) is 5.69 Å². The molecule has 0 bridgehead atoms. The van der Waals surface area contributed by atoms with Crippen molar-refractivity contribution in [1.82, 2.24) is 4.98 Å². The van der Waals surface area contributed by atoms with Crippen LogP contribution in [0.2, 0.25) is 5.02 Å². The van der Waals surface area contributed by atoms with Gasteiger partial charge in [-0.25, -0.2) is 4.98 Å². The summed E-state index contributed by atoms with van der Waals surface area (Å²) in [5, 5.41) is 14.4. The summed E-state index contributed by atoms with van der Waals surface area (Å²) in [4.78, 5) is 27.2. The zero-order valence-electron chi connectivity index (χ0n) is 10.1. The Labute approximate surface area is 119 Å². The number of pyridine rings is 1. The fourth-order valence-corrected chi connectivity index (χ4v) is 1.57. The normalized spacial score (nSPS) is 9.85. The van der Waals surface area contributed by atoms with Crippen LogP contribution in [0.25, 0.3) is 0 Å². The molecule has 102 valence electrons. The first kappa shape index (κ1) is 13.8. The van der Waals surface area contributed by atoms with Gasteiger partial charge in [0.15, 0.2) is 0 Å². The quantitative estimate of drug-likeness (QED) is 0.583. The number of rotatable bonds is 2. The van der Waals surface area contributed by atoms with Crippen LogP contribution in [-0.4, -0.2) is 21.9 Å². The van der Waals surface area contributed by atoms with E-state index >= 15 is 0 Å². The summed E-state index contributed by atoms with van der Waals surface area (Å²) in [6.07, 6.45) is 1.48. The largest absolute Gasteiger partial charge is 0.506 e. The number of carbonyl (C=O) groups excluding carboxylic acids is 2. The zero-order valence-corrected chi connectivity index (χ0v) is 10.9. The van der Waals surface area contributed by atoms with Gasteiger partial charge in [-0.2, -0.15) is 0 Å². The summed E-state index contributed by atoms with van der Waals surface area (Å²) in [5.74, 6) is -1.77. The minimum absolute atomic E-state index is 0.0543. The van der Waals surface area contributed by atoms with Crippen LogP contribution in [0.15, 0.2) is 42.6 Å². The van der Waals surface area contributed by atoms with Gasteiger partial charge in [0.2, 0.25) is 0 Å². The molecule has 6 nitrogen and oxygen atoms in total. The number of hydrogen-bond acceptors (Lipinski definition) is 4. The molecule has 0 saturated heterocycles. The van der Waals surface area contributed by atoms with Gasteiger partial charge in [-0.05, 0) is 30.3 Å². The number of nitrogens with zero attached hydrogens (tertiary/aromatic N) is 1. The third-order valence-electron chi connectivity index (χ3n) is 2.32. The minimum atomic E-state index is -0.937. The van der Waals surface area contributed by atoms with Gasteiger partial charge in [0.1, 0.15) is 11.6 Å². The monoisotopic (exact) mass is 291 g/mol. The van der Waals surface area contributed by atoms with E-state index in [1.54, 1.807) is 18.2 Å². The van der Waals surface area contributed by atoms with Crippen LogP contribution < -0.4 is 10.6 Å². The second-order valence-electron chi connectivity index (χ2n) is 3.78. The Balaban J connectivity index is 2.04. The Morgan fingerprint density at radius 2 is 1.85 bits per heavy atom. The van der Waals surface area contributed by atoms with Crippen molar-refractivity contribution < 1.29 is 14.7 Å². The number of aromatic nitrogens is 1. The number of phenolic OH excluding ortho intramolecular Hbond substituents is 1. The van der Waals surface area contributed by atoms with Crippen LogP contribution in [0.4, 0.5) is 11.5 Å². The second kappa shape index (κ2) is 6.03. The molecule has 0 saturated carbocycles. The predicted molar refractivity (Wildman–Crippen MR) is 74.6 cm³/mol. The lowest BCUT2D eigenvalue weighted by Crippen LogP contribution is -2.29. The number of anilines is 2. The second-order valence-corrected chi connectivity index (χ2v) is 4.22. The van der Waals surface area contributed by atoms with Crippen molar-refractivity contribution in [3.63, 3.8) is 0 Å². The van der Waals surface area contributed by atoms with Gasteiger partial charge in [-0.3, -0.25) is 9.59 Å². The molecule has 1 aromatic carbocycles. The average Bonchev–Trinajstić information content (AvgIpc) is 2.44.